The third-order valence-corrected chi connectivity index (χ3v) is 2.83. The smallest absolute Gasteiger partial charge is 0.290 e. The van der Waals surface area contributed by atoms with Crippen molar-refractivity contribution in [3.8, 4) is 0 Å². The molecule has 66 valence electrons. The Bertz CT molecular complexity index is 105. The number of rotatable bonds is 3. The van der Waals surface area contributed by atoms with E-state index in [9.17, 15) is 8.22 Å². The highest BCUT2D eigenvalue weighted by atomic mass is 28.4. The molecule has 1 fully saturated rings. The Hall–Kier alpha value is 0.0369. The molecule has 1 N–H and O–H groups in total. The van der Waals surface area contributed by atoms with Gasteiger partial charge in [-0.1, -0.05) is 19.3 Å². The van der Waals surface area contributed by atoms with Crippen molar-refractivity contribution in [1.29, 1.82) is 0 Å². The molecule has 0 aromatic heterocycles. The van der Waals surface area contributed by atoms with Crippen molar-refractivity contribution in [3.05, 3.63) is 0 Å². The average Bonchev–Trinajstić information content (AvgIpc) is 2.03. The summed E-state index contributed by atoms with van der Waals surface area (Å²) >= 11 is 0. The third-order valence-electron chi connectivity index (χ3n) is 2.29. The van der Waals surface area contributed by atoms with Gasteiger partial charge in [0.25, 0.3) is 0 Å². The minimum absolute atomic E-state index is 0.533. The summed E-state index contributed by atoms with van der Waals surface area (Å²) in [6.45, 7) is 0.559. The van der Waals surface area contributed by atoms with E-state index in [0.29, 0.717) is 12.5 Å². The van der Waals surface area contributed by atoms with Crippen LogP contribution < -0.4 is 4.98 Å². The molecular weight excluding hydrogens is 164 g/mol. The Morgan fingerprint density at radius 3 is 2.36 bits per heavy atom. The van der Waals surface area contributed by atoms with Crippen molar-refractivity contribution in [2.75, 3.05) is 6.54 Å². The molecule has 0 aliphatic heterocycles. The average molecular weight is 179 g/mol. The highest BCUT2D eigenvalue weighted by molar-refractivity contribution is 6.39. The molecule has 0 saturated heterocycles. The van der Waals surface area contributed by atoms with Gasteiger partial charge in [0.2, 0.25) is 0 Å². The van der Waals surface area contributed by atoms with Gasteiger partial charge in [0, 0.05) is 0 Å². The second kappa shape index (κ2) is 4.82. The zero-order valence-corrected chi connectivity index (χ0v) is 7.81. The summed E-state index contributed by atoms with van der Waals surface area (Å²) in [5.74, 6) is 0.533. The number of hydrogen-bond acceptors (Lipinski definition) is 1. The van der Waals surface area contributed by atoms with Crippen molar-refractivity contribution >= 4 is 9.63 Å². The molecule has 0 heterocycles. The molecule has 0 atom stereocenters. The standard InChI is InChI=1S/C7H15F2NSi/c8-11(9)10-6-7-4-2-1-3-5-7/h7,10-11H,1-6H2. The van der Waals surface area contributed by atoms with Crippen molar-refractivity contribution < 1.29 is 8.22 Å². The van der Waals surface area contributed by atoms with E-state index in [1.54, 1.807) is 0 Å². The molecule has 1 nitrogen and oxygen atoms in total. The van der Waals surface area contributed by atoms with Crippen LogP contribution in [0.25, 0.3) is 0 Å². The van der Waals surface area contributed by atoms with Crippen molar-refractivity contribution in [2.24, 2.45) is 5.92 Å². The molecule has 0 aromatic carbocycles. The van der Waals surface area contributed by atoms with Gasteiger partial charge < -0.3 is 0 Å². The summed E-state index contributed by atoms with van der Waals surface area (Å²) in [5.41, 5.74) is 0. The lowest BCUT2D eigenvalue weighted by Gasteiger charge is -2.21. The molecule has 0 spiro atoms. The SMILES string of the molecule is F[SiH](F)NCC1CCCCC1. The molecular formula is C7H15F2NSi. The molecule has 4 heteroatoms. The molecule has 1 aliphatic rings. The molecule has 1 saturated carbocycles. The third kappa shape index (κ3) is 3.81. The van der Waals surface area contributed by atoms with E-state index in [2.05, 4.69) is 4.98 Å². The first-order valence-corrected chi connectivity index (χ1v) is 5.75. The summed E-state index contributed by atoms with van der Waals surface area (Å²) in [6.07, 6.45) is 6.05. The van der Waals surface area contributed by atoms with Gasteiger partial charge in [-0.15, -0.1) is 0 Å². The highest BCUT2D eigenvalue weighted by Crippen LogP contribution is 2.22. The van der Waals surface area contributed by atoms with Crippen LogP contribution in [-0.2, 0) is 0 Å². The maximum absolute atomic E-state index is 11.8. The minimum atomic E-state index is -3.49. The topological polar surface area (TPSA) is 12.0 Å². The Morgan fingerprint density at radius 1 is 1.18 bits per heavy atom. The van der Waals surface area contributed by atoms with Gasteiger partial charge in [-0.2, -0.15) is 0 Å². The Labute approximate surface area is 68.2 Å². The van der Waals surface area contributed by atoms with Gasteiger partial charge in [-0.3, -0.25) is 13.2 Å². The fourth-order valence-corrected chi connectivity index (χ4v) is 2.16. The molecule has 0 unspecified atom stereocenters. The Kier molecular flexibility index (Phi) is 4.00. The predicted molar refractivity (Wildman–Crippen MR) is 43.9 cm³/mol. The first kappa shape index (κ1) is 9.13. The predicted octanol–water partition coefficient (Wildman–Crippen LogP) is 1.81. The van der Waals surface area contributed by atoms with Crippen LogP contribution in [0.4, 0.5) is 8.22 Å². The van der Waals surface area contributed by atoms with Crippen molar-refractivity contribution in [3.63, 3.8) is 0 Å². The number of halogens is 2. The van der Waals surface area contributed by atoms with Gasteiger partial charge in [0.1, 0.15) is 0 Å². The lowest BCUT2D eigenvalue weighted by molar-refractivity contribution is 0.352. The zero-order valence-electron chi connectivity index (χ0n) is 6.65. The van der Waals surface area contributed by atoms with E-state index in [4.69, 9.17) is 0 Å². The monoisotopic (exact) mass is 179 g/mol. The lowest BCUT2D eigenvalue weighted by atomic mass is 9.90. The fraction of sp³-hybridized carbons (Fsp3) is 1.00. The van der Waals surface area contributed by atoms with Gasteiger partial charge >= 0.3 is 9.63 Å². The van der Waals surface area contributed by atoms with E-state index in [-0.39, 0.29) is 0 Å². The van der Waals surface area contributed by atoms with E-state index >= 15 is 0 Å². The molecule has 1 rings (SSSR count). The summed E-state index contributed by atoms with van der Waals surface area (Å²) in [7, 11) is -3.49. The van der Waals surface area contributed by atoms with Gasteiger partial charge in [-0.25, -0.2) is 0 Å². The summed E-state index contributed by atoms with van der Waals surface area (Å²) in [4.78, 5) is 2.32. The molecule has 0 aromatic rings. The van der Waals surface area contributed by atoms with Crippen LogP contribution in [0.5, 0.6) is 0 Å². The normalized spacial score (nSPS) is 21.0. The molecule has 11 heavy (non-hydrogen) atoms. The summed E-state index contributed by atoms with van der Waals surface area (Å²) < 4.78 is 23.6. The van der Waals surface area contributed by atoms with Crippen LogP contribution in [0, 0.1) is 5.92 Å². The van der Waals surface area contributed by atoms with Crippen LogP contribution in [0.15, 0.2) is 0 Å². The van der Waals surface area contributed by atoms with Crippen LogP contribution >= 0.6 is 0 Å². The molecule has 0 amide bonds. The second-order valence-electron chi connectivity index (χ2n) is 3.21. The first-order chi connectivity index (χ1) is 5.29. The van der Waals surface area contributed by atoms with Crippen molar-refractivity contribution in [2.45, 2.75) is 32.1 Å². The van der Waals surface area contributed by atoms with Crippen LogP contribution in [0.2, 0.25) is 0 Å². The quantitative estimate of drug-likeness (QED) is 0.514. The summed E-state index contributed by atoms with van der Waals surface area (Å²) in [6, 6.07) is 0. The van der Waals surface area contributed by atoms with Crippen molar-refractivity contribution in [1.82, 2.24) is 4.98 Å². The molecule has 0 radical (unpaired) electrons. The van der Waals surface area contributed by atoms with Crippen LogP contribution in [-0.4, -0.2) is 16.2 Å². The number of nitrogens with one attached hydrogen (secondary N) is 1. The summed E-state index contributed by atoms with van der Waals surface area (Å²) in [5, 5.41) is 0. The van der Waals surface area contributed by atoms with Gasteiger partial charge in [0.05, 0.1) is 0 Å². The van der Waals surface area contributed by atoms with Gasteiger partial charge in [0.15, 0.2) is 0 Å². The van der Waals surface area contributed by atoms with E-state index in [1.165, 1.54) is 19.3 Å². The Morgan fingerprint density at radius 2 is 1.82 bits per heavy atom. The molecule has 1 aliphatic carbocycles. The Balaban J connectivity index is 2.05. The maximum Gasteiger partial charge on any atom is 0.489 e. The van der Waals surface area contributed by atoms with E-state index < -0.39 is 9.63 Å². The van der Waals surface area contributed by atoms with E-state index in [0.717, 1.165) is 12.8 Å². The van der Waals surface area contributed by atoms with Gasteiger partial charge in [-0.05, 0) is 25.3 Å². The lowest BCUT2D eigenvalue weighted by Crippen LogP contribution is -2.31. The highest BCUT2D eigenvalue weighted by Gasteiger charge is 2.15. The minimum Gasteiger partial charge on any atom is -0.290 e. The van der Waals surface area contributed by atoms with Crippen LogP contribution in [0.1, 0.15) is 32.1 Å². The maximum atomic E-state index is 11.8. The molecule has 0 bridgehead atoms. The second-order valence-corrected chi connectivity index (χ2v) is 4.22. The zero-order chi connectivity index (χ0) is 8.10. The van der Waals surface area contributed by atoms with E-state index in [1.807, 2.05) is 0 Å². The largest absolute Gasteiger partial charge is 0.489 e. The van der Waals surface area contributed by atoms with Crippen LogP contribution in [0.3, 0.4) is 0 Å². The first-order valence-electron chi connectivity index (χ1n) is 4.30. The number of hydrogen-bond donors (Lipinski definition) is 1. The fourth-order valence-electron chi connectivity index (χ4n) is 1.65.